The van der Waals surface area contributed by atoms with E-state index in [4.69, 9.17) is 4.74 Å². The van der Waals surface area contributed by atoms with Crippen molar-refractivity contribution in [2.45, 2.75) is 18.1 Å². The molecule has 1 atom stereocenters. The fourth-order valence-electron chi connectivity index (χ4n) is 2.44. The Hall–Kier alpha value is -2.60. The van der Waals surface area contributed by atoms with E-state index in [-0.39, 0.29) is 35.0 Å². The van der Waals surface area contributed by atoms with Gasteiger partial charge in [-0.15, -0.1) is 0 Å². The van der Waals surface area contributed by atoms with Crippen molar-refractivity contribution in [1.29, 1.82) is 0 Å². The van der Waals surface area contributed by atoms with Gasteiger partial charge in [-0.2, -0.15) is 0 Å². The number of phenols is 2. The van der Waals surface area contributed by atoms with E-state index in [9.17, 15) is 24.9 Å². The molecule has 0 bridgehead atoms. The zero-order valence-electron chi connectivity index (χ0n) is 10.8. The summed E-state index contributed by atoms with van der Waals surface area (Å²) in [4.78, 5) is 23.3. The lowest BCUT2D eigenvalue weighted by molar-refractivity contribution is -0.111. The predicted octanol–water partition coefficient (Wildman–Crippen LogP) is 0.858. The molecule has 1 aliphatic heterocycles. The largest absolute Gasteiger partial charge is 0.508 e. The number of ketones is 2. The summed E-state index contributed by atoms with van der Waals surface area (Å²) >= 11 is 0. The number of ether oxygens (including phenoxy) is 1. The molecule has 6 nitrogen and oxygen atoms in total. The third-order valence-corrected chi connectivity index (χ3v) is 3.53. The first kappa shape index (κ1) is 13.4. The van der Waals surface area contributed by atoms with Gasteiger partial charge in [-0.05, 0) is 24.3 Å². The van der Waals surface area contributed by atoms with Crippen molar-refractivity contribution in [2.75, 3.05) is 0 Å². The summed E-state index contributed by atoms with van der Waals surface area (Å²) in [6.07, 6.45) is 3.82. The van der Waals surface area contributed by atoms with Crippen LogP contribution in [0.25, 0.3) is 0 Å². The predicted molar refractivity (Wildman–Crippen MR) is 71.4 cm³/mol. The molecule has 21 heavy (non-hydrogen) atoms. The number of rotatable bonds is 1. The van der Waals surface area contributed by atoms with Crippen molar-refractivity contribution < 1.29 is 29.6 Å². The number of allylic oxidation sites excluding steroid dienone is 2. The van der Waals surface area contributed by atoms with Crippen LogP contribution in [0.5, 0.6) is 17.2 Å². The number of fused-ring (bicyclic) bond motifs is 1. The quantitative estimate of drug-likeness (QED) is 0.708. The van der Waals surface area contributed by atoms with Gasteiger partial charge >= 0.3 is 0 Å². The molecule has 3 rings (SSSR count). The molecule has 1 heterocycles. The van der Waals surface area contributed by atoms with Crippen molar-refractivity contribution in [3.8, 4) is 17.2 Å². The van der Waals surface area contributed by atoms with Crippen LogP contribution < -0.4 is 4.74 Å². The Morgan fingerprint density at radius 2 is 1.81 bits per heavy atom. The molecule has 108 valence electrons. The van der Waals surface area contributed by atoms with E-state index in [1.54, 1.807) is 0 Å². The highest BCUT2D eigenvalue weighted by Crippen LogP contribution is 2.40. The van der Waals surface area contributed by atoms with Crippen LogP contribution >= 0.6 is 0 Å². The van der Waals surface area contributed by atoms with E-state index in [2.05, 4.69) is 0 Å². The van der Waals surface area contributed by atoms with Gasteiger partial charge in [0.25, 0.3) is 0 Å². The van der Waals surface area contributed by atoms with Gasteiger partial charge in [-0.25, -0.2) is 0 Å². The van der Waals surface area contributed by atoms with Gasteiger partial charge in [0.1, 0.15) is 34.5 Å². The maximum atomic E-state index is 12.1. The molecular formula is C15H12O6. The van der Waals surface area contributed by atoms with Crippen LogP contribution in [0.4, 0.5) is 0 Å². The first-order chi connectivity index (χ1) is 9.89. The number of aromatic hydroxyl groups is 2. The highest BCUT2D eigenvalue weighted by atomic mass is 16.5. The summed E-state index contributed by atoms with van der Waals surface area (Å²) in [5.74, 6) is -1.30. The van der Waals surface area contributed by atoms with Gasteiger partial charge in [0.2, 0.25) is 0 Å². The first-order valence-electron chi connectivity index (χ1n) is 6.30. The maximum absolute atomic E-state index is 12.1. The Labute approximate surface area is 119 Å². The van der Waals surface area contributed by atoms with Gasteiger partial charge in [-0.1, -0.05) is 0 Å². The topological polar surface area (TPSA) is 104 Å². The average Bonchev–Trinajstić information content (AvgIpc) is 2.41. The Balaban J connectivity index is 1.99. The van der Waals surface area contributed by atoms with E-state index in [1.807, 2.05) is 0 Å². The smallest absolute Gasteiger partial charge is 0.178 e. The summed E-state index contributed by atoms with van der Waals surface area (Å²) in [5.41, 5.74) is -1.62. The molecule has 0 radical (unpaired) electrons. The molecule has 0 fully saturated rings. The summed E-state index contributed by atoms with van der Waals surface area (Å²) in [7, 11) is 0. The van der Waals surface area contributed by atoms with E-state index < -0.39 is 17.5 Å². The number of phenolic OH excluding ortho intramolecular Hbond substituents is 2. The molecule has 1 unspecified atom stereocenters. The summed E-state index contributed by atoms with van der Waals surface area (Å²) < 4.78 is 5.54. The maximum Gasteiger partial charge on any atom is 0.178 e. The number of Topliss-reactive ketones (excluding diaryl/α,β-unsaturated/α-hetero) is 1. The average molecular weight is 288 g/mol. The molecule has 6 heteroatoms. The number of benzene rings is 1. The molecular weight excluding hydrogens is 276 g/mol. The van der Waals surface area contributed by atoms with Gasteiger partial charge in [0, 0.05) is 12.1 Å². The molecule has 1 aromatic carbocycles. The van der Waals surface area contributed by atoms with Gasteiger partial charge in [0.05, 0.1) is 6.42 Å². The fraction of sp³-hybridized carbons (Fsp3) is 0.200. The third kappa shape index (κ3) is 2.19. The highest BCUT2D eigenvalue weighted by Gasteiger charge is 2.41. The van der Waals surface area contributed by atoms with Crippen LogP contribution in [0.3, 0.4) is 0 Å². The van der Waals surface area contributed by atoms with E-state index in [0.717, 1.165) is 6.07 Å². The number of carbonyl (C=O) groups excluding carboxylic acids is 2. The second kappa shape index (κ2) is 4.46. The normalized spacial score (nSPS) is 22.8. The van der Waals surface area contributed by atoms with Crippen LogP contribution in [0.2, 0.25) is 0 Å². The van der Waals surface area contributed by atoms with Crippen LogP contribution in [-0.4, -0.2) is 38.6 Å². The second-order valence-corrected chi connectivity index (χ2v) is 5.03. The summed E-state index contributed by atoms with van der Waals surface area (Å²) in [5, 5.41) is 29.6. The standard InChI is InChI=1S/C15H12O6/c16-8-1-3-15(20,4-2-8)13-7-11(19)14-10(18)5-9(17)6-12(14)21-13/h1-6,13,17-18,20H,7H2. The molecule has 0 amide bonds. The second-order valence-electron chi connectivity index (χ2n) is 5.03. The van der Waals surface area contributed by atoms with Crippen molar-refractivity contribution in [1.82, 2.24) is 0 Å². The van der Waals surface area contributed by atoms with E-state index >= 15 is 0 Å². The van der Waals surface area contributed by atoms with Crippen LogP contribution in [0.1, 0.15) is 16.8 Å². The minimum atomic E-state index is -1.59. The van der Waals surface area contributed by atoms with Gasteiger partial charge < -0.3 is 20.1 Å². The Kier molecular flexibility index (Phi) is 2.84. The van der Waals surface area contributed by atoms with Crippen LogP contribution in [-0.2, 0) is 4.79 Å². The number of aliphatic hydroxyl groups is 1. The Morgan fingerprint density at radius 3 is 2.48 bits per heavy atom. The molecule has 0 saturated heterocycles. The fourth-order valence-corrected chi connectivity index (χ4v) is 2.44. The number of hydrogen-bond donors (Lipinski definition) is 3. The SMILES string of the molecule is O=C1C=CC(O)(C2CC(=O)c3c(O)cc(O)cc3O2)C=C1. The Morgan fingerprint density at radius 1 is 1.14 bits per heavy atom. The van der Waals surface area contributed by atoms with Gasteiger partial charge in [-0.3, -0.25) is 9.59 Å². The number of hydrogen-bond acceptors (Lipinski definition) is 6. The van der Waals surface area contributed by atoms with Crippen LogP contribution in [0.15, 0.2) is 36.4 Å². The zero-order chi connectivity index (χ0) is 15.2. The Bertz CT molecular complexity index is 684. The molecule has 0 spiro atoms. The van der Waals surface area contributed by atoms with Crippen molar-refractivity contribution in [3.05, 3.63) is 42.0 Å². The van der Waals surface area contributed by atoms with Crippen LogP contribution in [0, 0.1) is 0 Å². The lowest BCUT2D eigenvalue weighted by Crippen LogP contribution is -2.47. The van der Waals surface area contributed by atoms with Gasteiger partial charge in [0.15, 0.2) is 11.6 Å². The minimum Gasteiger partial charge on any atom is -0.508 e. The molecule has 0 aromatic heterocycles. The highest BCUT2D eigenvalue weighted by molar-refractivity contribution is 6.03. The van der Waals surface area contributed by atoms with Crippen molar-refractivity contribution in [2.24, 2.45) is 0 Å². The lowest BCUT2D eigenvalue weighted by Gasteiger charge is -2.35. The summed E-state index contributed by atoms with van der Waals surface area (Å²) in [6, 6.07) is 2.25. The lowest BCUT2D eigenvalue weighted by atomic mass is 9.85. The molecule has 0 saturated carbocycles. The molecule has 1 aromatic rings. The molecule has 2 aliphatic rings. The minimum absolute atomic E-state index is 0.000810. The van der Waals surface area contributed by atoms with E-state index in [0.29, 0.717) is 0 Å². The van der Waals surface area contributed by atoms with Crippen molar-refractivity contribution >= 4 is 11.6 Å². The third-order valence-electron chi connectivity index (χ3n) is 3.53. The molecule has 3 N–H and O–H groups in total. The summed E-state index contributed by atoms with van der Waals surface area (Å²) in [6.45, 7) is 0. The monoisotopic (exact) mass is 288 g/mol. The van der Waals surface area contributed by atoms with E-state index in [1.165, 1.54) is 30.4 Å². The number of carbonyl (C=O) groups is 2. The zero-order valence-corrected chi connectivity index (χ0v) is 10.8. The first-order valence-corrected chi connectivity index (χ1v) is 6.30. The van der Waals surface area contributed by atoms with Crippen molar-refractivity contribution in [3.63, 3.8) is 0 Å². The molecule has 1 aliphatic carbocycles.